The number of carbonyl (C=O) groups is 6. The molecule has 17 heteroatoms. The maximum absolute atomic E-state index is 14.4. The van der Waals surface area contributed by atoms with E-state index in [1.165, 1.54) is 15.8 Å². The van der Waals surface area contributed by atoms with Gasteiger partial charge >= 0.3 is 12.2 Å². The van der Waals surface area contributed by atoms with Crippen LogP contribution in [0.5, 0.6) is 0 Å². The lowest BCUT2D eigenvalue weighted by molar-refractivity contribution is -0.142. The lowest BCUT2D eigenvalue weighted by Gasteiger charge is -2.32. The number of hydrogen-bond acceptors (Lipinski definition) is 10. The van der Waals surface area contributed by atoms with Gasteiger partial charge in [0.25, 0.3) is 5.91 Å². The van der Waals surface area contributed by atoms with Crippen LogP contribution < -0.4 is 21.7 Å². The molecule has 7 N–H and O–H groups in total. The van der Waals surface area contributed by atoms with Crippen LogP contribution in [0.4, 0.5) is 9.59 Å². The smallest absolute Gasteiger partial charge is 0.408 e. The Balaban J connectivity index is 1.93. The quantitative estimate of drug-likeness (QED) is 0.113. The molecule has 2 aliphatic rings. The van der Waals surface area contributed by atoms with Crippen molar-refractivity contribution in [1.82, 2.24) is 35.8 Å². The Bertz CT molecular complexity index is 1350. The van der Waals surface area contributed by atoms with Crippen molar-refractivity contribution in [2.45, 2.75) is 134 Å². The molecule has 5 amide bonds. The van der Waals surface area contributed by atoms with E-state index in [-0.39, 0.29) is 38.3 Å². The van der Waals surface area contributed by atoms with Crippen molar-refractivity contribution < 1.29 is 43.7 Å². The standard InChI is InChI=1S/C32H52N8O9/c1-31(2,3)49-30(47)37-22(15-19-11-7-6-8-12-19)28(44)39-18-20(40-24(17-35-38-40)32(4,5)48)16-23(39)27(43)36-21(25(41)26(33)42)13-9-10-14-34-29(45)46/h17,19-23,34,48H,6-16,18H2,1-5H3,(H2,33,42)(H,36,43)(H,37,47)(H,45,46)/t20-,21?,22+,23-/m0/s1. The zero-order valence-electron chi connectivity index (χ0n) is 29.1. The van der Waals surface area contributed by atoms with Gasteiger partial charge in [0.05, 0.1) is 24.0 Å². The SMILES string of the molecule is CC(C)(C)OC(=O)N[C@H](CC1CCCCC1)C(=O)N1C[C@@H](n2nncc2C(C)(C)O)C[C@H]1C(=O)NC(CCCCNC(=O)O)C(=O)C(N)=O. The van der Waals surface area contributed by atoms with Crippen LogP contribution in [-0.4, -0.2) is 103 Å². The molecule has 17 nitrogen and oxygen atoms in total. The lowest BCUT2D eigenvalue weighted by atomic mass is 9.84. The van der Waals surface area contributed by atoms with Crippen LogP contribution >= 0.6 is 0 Å². The molecule has 1 unspecified atom stereocenters. The normalized spacial score (nSPS) is 19.8. The van der Waals surface area contributed by atoms with Crippen molar-refractivity contribution in [3.8, 4) is 0 Å². The number of amides is 5. The van der Waals surface area contributed by atoms with E-state index in [0.29, 0.717) is 18.5 Å². The molecule has 0 aromatic carbocycles. The summed E-state index contributed by atoms with van der Waals surface area (Å²) in [7, 11) is 0. The van der Waals surface area contributed by atoms with Gasteiger partial charge in [0.15, 0.2) is 0 Å². The number of rotatable bonds is 15. The predicted octanol–water partition coefficient (Wildman–Crippen LogP) is 1.49. The summed E-state index contributed by atoms with van der Waals surface area (Å²) in [5.41, 5.74) is 3.46. The number of ketones is 1. The second-order valence-electron chi connectivity index (χ2n) is 14.5. The van der Waals surface area contributed by atoms with Crippen molar-refractivity contribution in [3.63, 3.8) is 0 Å². The number of carbonyl (C=O) groups excluding carboxylic acids is 5. The van der Waals surface area contributed by atoms with Crippen LogP contribution in [0.2, 0.25) is 0 Å². The molecule has 1 aliphatic heterocycles. The molecular weight excluding hydrogens is 640 g/mol. The summed E-state index contributed by atoms with van der Waals surface area (Å²) >= 11 is 0. The van der Waals surface area contributed by atoms with Gasteiger partial charge in [-0.2, -0.15) is 0 Å². The number of unbranched alkanes of at least 4 members (excludes halogenated alkanes) is 1. The Morgan fingerprint density at radius 3 is 2.29 bits per heavy atom. The Morgan fingerprint density at radius 1 is 1.02 bits per heavy atom. The van der Waals surface area contributed by atoms with Crippen LogP contribution in [0.3, 0.4) is 0 Å². The molecule has 0 spiro atoms. The summed E-state index contributed by atoms with van der Waals surface area (Å²) < 4.78 is 6.94. The maximum atomic E-state index is 14.4. The third-order valence-electron chi connectivity index (χ3n) is 8.77. The van der Waals surface area contributed by atoms with Gasteiger partial charge in [-0.25, -0.2) is 14.3 Å². The zero-order chi connectivity index (χ0) is 36.5. The molecule has 49 heavy (non-hydrogen) atoms. The average molecular weight is 693 g/mol. The first-order chi connectivity index (χ1) is 22.9. The van der Waals surface area contributed by atoms with Crippen LogP contribution in [0.15, 0.2) is 6.20 Å². The number of ether oxygens (including phenoxy) is 1. The van der Waals surface area contributed by atoms with Gasteiger partial charge in [-0.15, -0.1) is 5.10 Å². The van der Waals surface area contributed by atoms with Crippen LogP contribution in [0.25, 0.3) is 0 Å². The van der Waals surface area contributed by atoms with Gasteiger partial charge < -0.3 is 41.5 Å². The third kappa shape index (κ3) is 11.7. The van der Waals surface area contributed by atoms with E-state index in [1.807, 2.05) is 0 Å². The van der Waals surface area contributed by atoms with E-state index in [1.54, 1.807) is 34.6 Å². The molecule has 0 bridgehead atoms. The lowest BCUT2D eigenvalue weighted by Crippen LogP contribution is -2.56. The molecule has 274 valence electrons. The first-order valence-electron chi connectivity index (χ1n) is 16.9. The van der Waals surface area contributed by atoms with Crippen molar-refractivity contribution in [1.29, 1.82) is 0 Å². The number of hydrogen-bond donors (Lipinski definition) is 6. The highest BCUT2D eigenvalue weighted by Crippen LogP contribution is 2.33. The van der Waals surface area contributed by atoms with Gasteiger partial charge in [0.2, 0.25) is 17.6 Å². The van der Waals surface area contributed by atoms with Crippen LogP contribution in [-0.2, 0) is 29.5 Å². The molecular formula is C32H52N8O9. The maximum Gasteiger partial charge on any atom is 0.408 e. The molecule has 1 aliphatic carbocycles. The Morgan fingerprint density at radius 2 is 1.69 bits per heavy atom. The number of Topliss-reactive ketones (excluding diaryl/α,β-unsaturated/α-hetero) is 1. The first kappa shape index (κ1) is 39.2. The van der Waals surface area contributed by atoms with Crippen molar-refractivity contribution in [2.75, 3.05) is 13.1 Å². The minimum Gasteiger partial charge on any atom is -0.465 e. The topological polar surface area (TPSA) is 248 Å². The zero-order valence-corrected chi connectivity index (χ0v) is 29.1. The number of nitrogens with one attached hydrogen (secondary N) is 3. The van der Waals surface area contributed by atoms with Crippen molar-refractivity contribution in [2.24, 2.45) is 11.7 Å². The second-order valence-corrected chi connectivity index (χ2v) is 14.5. The number of aromatic nitrogens is 3. The molecule has 1 saturated carbocycles. The number of likely N-dealkylation sites (tertiary alicyclic amines) is 1. The third-order valence-corrected chi connectivity index (χ3v) is 8.77. The fraction of sp³-hybridized carbons (Fsp3) is 0.750. The van der Waals surface area contributed by atoms with Gasteiger partial charge in [0.1, 0.15) is 23.3 Å². The summed E-state index contributed by atoms with van der Waals surface area (Å²) in [6.07, 6.45) is 5.24. The van der Waals surface area contributed by atoms with E-state index in [4.69, 9.17) is 15.6 Å². The number of primary amides is 1. The van der Waals surface area contributed by atoms with E-state index < -0.39 is 71.1 Å². The highest BCUT2D eigenvalue weighted by molar-refractivity contribution is 6.37. The number of nitrogens with zero attached hydrogens (tertiary/aromatic N) is 4. The van der Waals surface area contributed by atoms with E-state index in [0.717, 1.165) is 32.1 Å². The van der Waals surface area contributed by atoms with Crippen LogP contribution in [0, 0.1) is 5.92 Å². The fourth-order valence-electron chi connectivity index (χ4n) is 6.44. The first-order valence-corrected chi connectivity index (χ1v) is 16.9. The number of alkyl carbamates (subject to hydrolysis) is 1. The summed E-state index contributed by atoms with van der Waals surface area (Å²) in [4.78, 5) is 78.2. The molecule has 2 heterocycles. The Hall–Kier alpha value is -4.28. The van der Waals surface area contributed by atoms with Crippen molar-refractivity contribution in [3.05, 3.63) is 11.9 Å². The van der Waals surface area contributed by atoms with Crippen LogP contribution in [0.1, 0.15) is 111 Å². The molecule has 1 aromatic rings. The molecule has 0 radical (unpaired) electrons. The minimum atomic E-state index is -1.35. The van der Waals surface area contributed by atoms with Gasteiger partial charge in [-0.1, -0.05) is 37.3 Å². The van der Waals surface area contributed by atoms with Gasteiger partial charge in [-0.3, -0.25) is 19.2 Å². The Labute approximate surface area is 286 Å². The molecule has 3 rings (SSSR count). The summed E-state index contributed by atoms with van der Waals surface area (Å²) in [5.74, 6) is -3.38. The highest BCUT2D eigenvalue weighted by Gasteiger charge is 2.45. The molecule has 2 fully saturated rings. The molecule has 1 saturated heterocycles. The van der Waals surface area contributed by atoms with E-state index in [2.05, 4.69) is 26.3 Å². The largest absolute Gasteiger partial charge is 0.465 e. The summed E-state index contributed by atoms with van der Waals surface area (Å²) in [5, 5.41) is 35.2. The summed E-state index contributed by atoms with van der Waals surface area (Å²) in [6, 6.07) is -4.13. The highest BCUT2D eigenvalue weighted by atomic mass is 16.6. The average Bonchev–Trinajstić information content (AvgIpc) is 3.67. The summed E-state index contributed by atoms with van der Waals surface area (Å²) in [6.45, 7) is 8.31. The second kappa shape index (κ2) is 16.9. The van der Waals surface area contributed by atoms with Gasteiger partial charge in [0, 0.05) is 19.5 Å². The predicted molar refractivity (Wildman–Crippen MR) is 175 cm³/mol. The van der Waals surface area contributed by atoms with E-state index >= 15 is 0 Å². The molecule has 1 aromatic heterocycles. The number of carboxylic acid groups (broad SMARTS) is 1. The monoisotopic (exact) mass is 692 g/mol. The minimum absolute atomic E-state index is 0.00463. The number of nitrogens with two attached hydrogens (primary N) is 1. The van der Waals surface area contributed by atoms with Gasteiger partial charge in [-0.05, 0) is 66.2 Å². The number of aliphatic hydroxyl groups is 1. The fourth-order valence-corrected chi connectivity index (χ4v) is 6.44. The molecule has 4 atom stereocenters. The Kier molecular flexibility index (Phi) is 13.5. The van der Waals surface area contributed by atoms with Crippen molar-refractivity contribution >= 4 is 35.7 Å². The van der Waals surface area contributed by atoms with E-state index in [9.17, 15) is 33.9 Å².